The smallest absolute Gasteiger partial charge is 0.442 e. The Bertz CT molecular complexity index is 286. The molecule has 0 spiro atoms. The summed E-state index contributed by atoms with van der Waals surface area (Å²) in [5, 5.41) is -5.46. The summed E-state index contributed by atoms with van der Waals surface area (Å²) in [5.74, 6) is 0. The molecule has 0 rings (SSSR count). The van der Waals surface area contributed by atoms with E-state index in [2.05, 4.69) is 17.0 Å². The fourth-order valence-corrected chi connectivity index (χ4v) is 1.96. The van der Waals surface area contributed by atoms with Crippen molar-refractivity contribution in [3.63, 3.8) is 0 Å². The number of hydrogen-bond acceptors (Lipinski definition) is 3. The van der Waals surface area contributed by atoms with Crippen LogP contribution in [0.3, 0.4) is 0 Å². The first-order chi connectivity index (χ1) is 8.45. The Hall–Kier alpha value is -0.250. The quantitative estimate of drug-likeness (QED) is 0.398. The minimum absolute atomic E-state index is 0.147. The topological polar surface area (TPSA) is 9.23 Å². The molecular weight excluding hydrogens is 321 g/mol. The van der Waals surface area contributed by atoms with Gasteiger partial charge in [0.1, 0.15) is 0 Å². The summed E-state index contributed by atoms with van der Waals surface area (Å²) < 4.78 is 89.6. The molecule has 0 saturated carbocycles. The standard InChI is InChI=1S/C9H11F7OS2/c1-2-3-4-5-17-6(18)19-7(10,8(11,12)13)9(14,15)16/h2-5H2,1H3. The molecule has 0 aromatic carbocycles. The molecule has 0 saturated heterocycles. The zero-order chi connectivity index (χ0) is 15.3. The summed E-state index contributed by atoms with van der Waals surface area (Å²) in [7, 11) is 0. The van der Waals surface area contributed by atoms with Gasteiger partial charge in [-0.1, -0.05) is 19.8 Å². The Labute approximate surface area is 114 Å². The third-order valence-electron chi connectivity index (χ3n) is 1.92. The molecule has 0 aliphatic carbocycles. The first kappa shape index (κ1) is 18.8. The van der Waals surface area contributed by atoms with Crippen molar-refractivity contribution in [2.24, 2.45) is 0 Å². The molecule has 0 aliphatic heterocycles. The molecule has 0 aromatic heterocycles. The molecule has 114 valence electrons. The highest BCUT2D eigenvalue weighted by atomic mass is 32.2. The van der Waals surface area contributed by atoms with E-state index >= 15 is 0 Å². The molecule has 0 amide bonds. The summed E-state index contributed by atoms with van der Waals surface area (Å²) in [6.45, 7) is 1.69. The Balaban J connectivity index is 4.65. The minimum Gasteiger partial charge on any atom is -0.479 e. The second-order valence-corrected chi connectivity index (χ2v) is 5.27. The first-order valence-electron chi connectivity index (χ1n) is 5.14. The average Bonchev–Trinajstić information content (AvgIpc) is 2.21. The molecule has 0 aromatic rings. The molecule has 0 bridgehead atoms. The molecule has 0 aliphatic rings. The van der Waals surface area contributed by atoms with Gasteiger partial charge in [0.15, 0.2) is 0 Å². The third-order valence-corrected chi connectivity index (χ3v) is 3.32. The lowest BCUT2D eigenvalue weighted by molar-refractivity contribution is -0.302. The average molecular weight is 332 g/mol. The van der Waals surface area contributed by atoms with Crippen LogP contribution in [0.4, 0.5) is 30.7 Å². The van der Waals surface area contributed by atoms with Crippen molar-refractivity contribution in [1.82, 2.24) is 0 Å². The summed E-state index contributed by atoms with van der Waals surface area (Å²) in [6.07, 6.45) is -10.4. The molecule has 0 fully saturated rings. The lowest BCUT2D eigenvalue weighted by Gasteiger charge is -2.28. The van der Waals surface area contributed by atoms with Gasteiger partial charge in [0.25, 0.3) is 0 Å². The van der Waals surface area contributed by atoms with Crippen LogP contribution in [-0.4, -0.2) is 28.3 Å². The van der Waals surface area contributed by atoms with E-state index in [4.69, 9.17) is 0 Å². The van der Waals surface area contributed by atoms with Crippen LogP contribution >= 0.6 is 24.0 Å². The van der Waals surface area contributed by atoms with Crippen molar-refractivity contribution in [3.05, 3.63) is 0 Å². The zero-order valence-corrected chi connectivity index (χ0v) is 11.3. The van der Waals surface area contributed by atoms with E-state index in [1.165, 1.54) is 0 Å². The normalized spacial score (nSPS) is 13.5. The van der Waals surface area contributed by atoms with Gasteiger partial charge in [-0.15, -0.1) is 0 Å². The Morgan fingerprint density at radius 3 is 1.84 bits per heavy atom. The maximum absolute atomic E-state index is 13.2. The molecular formula is C9H11F7OS2. The highest BCUT2D eigenvalue weighted by Crippen LogP contribution is 2.53. The number of alkyl halides is 7. The van der Waals surface area contributed by atoms with Crippen LogP contribution in [0.1, 0.15) is 26.2 Å². The monoisotopic (exact) mass is 332 g/mol. The molecule has 10 heteroatoms. The van der Waals surface area contributed by atoms with Crippen molar-refractivity contribution in [2.45, 2.75) is 43.5 Å². The van der Waals surface area contributed by atoms with Crippen LogP contribution in [0.25, 0.3) is 0 Å². The number of ether oxygens (including phenoxy) is 1. The first-order valence-corrected chi connectivity index (χ1v) is 6.36. The third kappa shape index (κ3) is 5.33. The van der Waals surface area contributed by atoms with E-state index in [1.54, 1.807) is 0 Å². The van der Waals surface area contributed by atoms with Crippen LogP contribution in [0.2, 0.25) is 0 Å². The number of hydrogen-bond donors (Lipinski definition) is 0. The molecule has 0 radical (unpaired) electrons. The van der Waals surface area contributed by atoms with Crippen molar-refractivity contribution in [1.29, 1.82) is 0 Å². The number of unbranched alkanes of at least 4 members (excludes halogenated alkanes) is 2. The summed E-state index contributed by atoms with van der Waals surface area (Å²) >= 11 is 3.00. The van der Waals surface area contributed by atoms with Crippen LogP contribution < -0.4 is 0 Å². The van der Waals surface area contributed by atoms with Crippen molar-refractivity contribution < 1.29 is 35.5 Å². The minimum atomic E-state index is -6.13. The summed E-state index contributed by atoms with van der Waals surface area (Å²) in [4.78, 5) is 0. The zero-order valence-electron chi connectivity index (χ0n) is 9.70. The number of halogens is 7. The van der Waals surface area contributed by atoms with Gasteiger partial charge in [-0.3, -0.25) is 0 Å². The van der Waals surface area contributed by atoms with E-state index in [-0.39, 0.29) is 6.61 Å². The second-order valence-electron chi connectivity index (χ2n) is 3.50. The Morgan fingerprint density at radius 1 is 1.00 bits per heavy atom. The second kappa shape index (κ2) is 6.96. The van der Waals surface area contributed by atoms with E-state index in [0.717, 1.165) is 6.42 Å². The Kier molecular flexibility index (Phi) is 6.87. The van der Waals surface area contributed by atoms with Gasteiger partial charge in [-0.2, -0.15) is 26.3 Å². The maximum Gasteiger partial charge on any atom is 0.442 e. The van der Waals surface area contributed by atoms with Crippen molar-refractivity contribution >= 4 is 28.4 Å². The van der Waals surface area contributed by atoms with E-state index in [0.29, 0.717) is 12.8 Å². The van der Waals surface area contributed by atoms with Crippen LogP contribution in [0.15, 0.2) is 0 Å². The predicted octanol–water partition coefficient (Wildman–Crippen LogP) is 5.00. The molecule has 0 N–H and O–H groups in total. The van der Waals surface area contributed by atoms with Gasteiger partial charge in [0.05, 0.1) is 6.61 Å². The number of rotatable bonds is 5. The summed E-state index contributed by atoms with van der Waals surface area (Å²) in [6, 6.07) is 0. The highest BCUT2D eigenvalue weighted by Gasteiger charge is 2.74. The van der Waals surface area contributed by atoms with Gasteiger partial charge in [-0.25, -0.2) is 4.39 Å². The van der Waals surface area contributed by atoms with E-state index < -0.39 is 33.5 Å². The maximum atomic E-state index is 13.2. The fourth-order valence-electron chi connectivity index (χ4n) is 0.928. The predicted molar refractivity (Wildman–Crippen MR) is 61.6 cm³/mol. The van der Waals surface area contributed by atoms with Gasteiger partial charge in [0.2, 0.25) is 4.38 Å². The van der Waals surface area contributed by atoms with E-state index in [9.17, 15) is 30.7 Å². The van der Waals surface area contributed by atoms with Gasteiger partial charge >= 0.3 is 17.4 Å². The van der Waals surface area contributed by atoms with Gasteiger partial charge in [-0.05, 0) is 30.4 Å². The molecule has 1 nitrogen and oxygen atoms in total. The molecule has 19 heavy (non-hydrogen) atoms. The van der Waals surface area contributed by atoms with Crippen molar-refractivity contribution in [3.8, 4) is 0 Å². The molecule has 0 atom stereocenters. The number of thioether (sulfide) groups is 1. The van der Waals surface area contributed by atoms with Gasteiger partial charge < -0.3 is 4.74 Å². The highest BCUT2D eigenvalue weighted by molar-refractivity contribution is 8.23. The van der Waals surface area contributed by atoms with Crippen LogP contribution in [0, 0.1) is 0 Å². The molecule has 0 unspecified atom stereocenters. The number of thiocarbonyl (C=S) groups is 1. The Morgan fingerprint density at radius 2 is 1.47 bits per heavy atom. The fraction of sp³-hybridized carbons (Fsp3) is 0.889. The summed E-state index contributed by atoms with van der Waals surface area (Å²) in [5.41, 5.74) is 0. The molecule has 0 heterocycles. The van der Waals surface area contributed by atoms with E-state index in [1.807, 2.05) is 6.92 Å². The van der Waals surface area contributed by atoms with Gasteiger partial charge in [0, 0.05) is 0 Å². The van der Waals surface area contributed by atoms with Crippen molar-refractivity contribution in [2.75, 3.05) is 6.61 Å². The SMILES string of the molecule is CCCCCOC(=S)SC(F)(C(F)(F)F)C(F)(F)F. The lowest BCUT2D eigenvalue weighted by atomic mass is 10.3. The van der Waals surface area contributed by atoms with Crippen LogP contribution in [0.5, 0.6) is 0 Å². The van der Waals surface area contributed by atoms with Crippen LogP contribution in [-0.2, 0) is 4.74 Å². The lowest BCUT2D eigenvalue weighted by Crippen LogP contribution is -2.51. The largest absolute Gasteiger partial charge is 0.479 e.